The Morgan fingerprint density at radius 2 is 2.00 bits per heavy atom. The third kappa shape index (κ3) is 0.849. The van der Waals surface area contributed by atoms with E-state index in [1.165, 1.54) is 0 Å². The van der Waals surface area contributed by atoms with E-state index in [1.807, 2.05) is 0 Å². The first-order chi connectivity index (χ1) is 5.27. The minimum absolute atomic E-state index is 0.0996. The summed E-state index contributed by atoms with van der Waals surface area (Å²) >= 11 is 0. The molecule has 0 aromatic carbocycles. The molecule has 2 rings (SSSR count). The minimum atomic E-state index is -0.319. The molecule has 11 heavy (non-hydrogen) atoms. The molecule has 5 nitrogen and oxygen atoms in total. The first-order valence-electron chi connectivity index (χ1n) is 3.26. The molecule has 2 heterocycles. The van der Waals surface area contributed by atoms with Crippen molar-refractivity contribution in [3.8, 4) is 0 Å². The maximum atomic E-state index is 10.8. The van der Waals surface area contributed by atoms with Crippen LogP contribution in [-0.4, -0.2) is 11.8 Å². The van der Waals surface area contributed by atoms with E-state index in [-0.39, 0.29) is 11.8 Å². The molecule has 0 saturated carbocycles. The summed E-state index contributed by atoms with van der Waals surface area (Å²) in [4.78, 5) is 21.6. The monoisotopic (exact) mass is 151 g/mol. The van der Waals surface area contributed by atoms with Gasteiger partial charge in [0.1, 0.15) is 0 Å². The quantitative estimate of drug-likeness (QED) is 0.533. The molecule has 0 spiro atoms. The Kier molecular flexibility index (Phi) is 1.12. The second-order valence-corrected chi connectivity index (χ2v) is 2.38. The Labute approximate surface area is 62.2 Å². The molecule has 0 aliphatic carbocycles. The van der Waals surface area contributed by atoms with Crippen molar-refractivity contribution in [2.75, 3.05) is 0 Å². The van der Waals surface area contributed by atoms with Crippen molar-refractivity contribution in [2.45, 2.75) is 12.8 Å². The standard InChI is InChI=1S/C6H5N3O2/c10-4-2-1-3-5(7-4)8-9-6(3)11/h1-2H2,(H,7,10). The van der Waals surface area contributed by atoms with Crippen molar-refractivity contribution >= 4 is 11.8 Å². The molecule has 0 bridgehead atoms. The zero-order valence-electron chi connectivity index (χ0n) is 5.63. The van der Waals surface area contributed by atoms with Crippen LogP contribution in [0.1, 0.15) is 12.8 Å². The van der Waals surface area contributed by atoms with Crippen LogP contribution in [0.5, 0.6) is 0 Å². The SMILES string of the molecule is O=C1CCC2=C(N=NC2=O)N1. The lowest BCUT2D eigenvalue weighted by molar-refractivity contribution is -0.120. The van der Waals surface area contributed by atoms with Crippen molar-refractivity contribution in [1.82, 2.24) is 5.32 Å². The van der Waals surface area contributed by atoms with Gasteiger partial charge in [0.05, 0.1) is 5.57 Å². The van der Waals surface area contributed by atoms with Gasteiger partial charge in [0.15, 0.2) is 5.82 Å². The molecule has 0 unspecified atom stereocenters. The molecule has 56 valence electrons. The summed E-state index contributed by atoms with van der Waals surface area (Å²) in [6.07, 6.45) is 0.822. The molecule has 1 N–H and O–H groups in total. The van der Waals surface area contributed by atoms with Gasteiger partial charge in [0.25, 0.3) is 5.91 Å². The molecule has 0 saturated heterocycles. The summed E-state index contributed by atoms with van der Waals surface area (Å²) in [6.45, 7) is 0. The van der Waals surface area contributed by atoms with Crippen molar-refractivity contribution in [3.63, 3.8) is 0 Å². The number of azo groups is 1. The lowest BCUT2D eigenvalue weighted by atomic mass is 10.1. The van der Waals surface area contributed by atoms with Crippen LogP contribution < -0.4 is 5.32 Å². The molecule has 0 fully saturated rings. The smallest absolute Gasteiger partial charge is 0.295 e. The molecular weight excluding hydrogens is 146 g/mol. The average Bonchev–Trinajstić information content (AvgIpc) is 2.32. The molecule has 0 aromatic heterocycles. The molecule has 0 radical (unpaired) electrons. The van der Waals surface area contributed by atoms with Crippen LogP contribution in [0.15, 0.2) is 21.6 Å². The average molecular weight is 151 g/mol. The van der Waals surface area contributed by atoms with Crippen LogP contribution in [0.3, 0.4) is 0 Å². The normalized spacial score (nSPS) is 22.2. The van der Waals surface area contributed by atoms with E-state index in [0.717, 1.165) is 0 Å². The first kappa shape index (κ1) is 6.21. The third-order valence-electron chi connectivity index (χ3n) is 1.64. The van der Waals surface area contributed by atoms with E-state index in [9.17, 15) is 9.59 Å². The maximum Gasteiger partial charge on any atom is 0.295 e. The Morgan fingerprint density at radius 1 is 1.18 bits per heavy atom. The van der Waals surface area contributed by atoms with Crippen LogP contribution in [0.4, 0.5) is 0 Å². The number of amides is 2. The van der Waals surface area contributed by atoms with Gasteiger partial charge >= 0.3 is 0 Å². The Hall–Kier alpha value is -1.52. The van der Waals surface area contributed by atoms with Gasteiger partial charge in [-0.25, -0.2) is 0 Å². The first-order valence-corrected chi connectivity index (χ1v) is 3.26. The van der Waals surface area contributed by atoms with Crippen molar-refractivity contribution < 1.29 is 9.59 Å². The molecule has 0 aromatic rings. The van der Waals surface area contributed by atoms with E-state index >= 15 is 0 Å². The Morgan fingerprint density at radius 3 is 2.82 bits per heavy atom. The predicted octanol–water partition coefficient (Wildman–Crippen LogP) is 0.100. The van der Waals surface area contributed by atoms with Gasteiger partial charge in [-0.2, -0.15) is 0 Å². The van der Waals surface area contributed by atoms with Crippen LogP contribution in [0.25, 0.3) is 0 Å². The van der Waals surface area contributed by atoms with Gasteiger partial charge < -0.3 is 5.32 Å². The van der Waals surface area contributed by atoms with Crippen LogP contribution in [0, 0.1) is 0 Å². The van der Waals surface area contributed by atoms with Gasteiger partial charge in [0, 0.05) is 6.42 Å². The summed E-state index contributed by atoms with van der Waals surface area (Å²) < 4.78 is 0. The highest BCUT2D eigenvalue weighted by Crippen LogP contribution is 2.22. The summed E-state index contributed by atoms with van der Waals surface area (Å²) in [5.74, 6) is -0.0800. The van der Waals surface area contributed by atoms with E-state index in [0.29, 0.717) is 24.2 Å². The lowest BCUT2D eigenvalue weighted by Gasteiger charge is -2.09. The van der Waals surface area contributed by atoms with E-state index < -0.39 is 0 Å². The summed E-state index contributed by atoms with van der Waals surface area (Å²) in [5.41, 5.74) is 0.532. The van der Waals surface area contributed by atoms with Crippen molar-refractivity contribution in [1.29, 1.82) is 0 Å². The molecule has 2 amide bonds. The number of carbonyl (C=O) groups is 2. The lowest BCUT2D eigenvalue weighted by Crippen LogP contribution is -2.26. The number of hydrogen-bond donors (Lipinski definition) is 1. The van der Waals surface area contributed by atoms with Crippen molar-refractivity contribution in [2.24, 2.45) is 10.2 Å². The van der Waals surface area contributed by atoms with Gasteiger partial charge in [-0.1, -0.05) is 0 Å². The second kappa shape index (κ2) is 1.98. The molecule has 2 aliphatic heterocycles. The number of nitrogens with one attached hydrogen (secondary N) is 1. The zero-order valence-corrected chi connectivity index (χ0v) is 5.63. The van der Waals surface area contributed by atoms with Gasteiger partial charge in [-0.05, 0) is 6.42 Å². The van der Waals surface area contributed by atoms with Crippen LogP contribution in [0.2, 0.25) is 0 Å². The Balaban J connectivity index is 2.36. The fourth-order valence-electron chi connectivity index (χ4n) is 1.08. The number of hydrogen-bond acceptors (Lipinski definition) is 3. The topological polar surface area (TPSA) is 70.9 Å². The highest BCUT2D eigenvalue weighted by atomic mass is 16.2. The largest absolute Gasteiger partial charge is 0.309 e. The molecule has 2 aliphatic rings. The second-order valence-electron chi connectivity index (χ2n) is 2.38. The number of rotatable bonds is 0. The summed E-state index contributed by atoms with van der Waals surface area (Å²) in [6, 6.07) is 0. The van der Waals surface area contributed by atoms with Gasteiger partial charge in [-0.3, -0.25) is 9.59 Å². The fourth-order valence-corrected chi connectivity index (χ4v) is 1.08. The molecule has 0 atom stereocenters. The van der Waals surface area contributed by atoms with Crippen LogP contribution in [-0.2, 0) is 9.59 Å². The summed E-state index contributed by atoms with van der Waals surface area (Å²) in [7, 11) is 0. The van der Waals surface area contributed by atoms with E-state index in [2.05, 4.69) is 15.5 Å². The predicted molar refractivity (Wildman–Crippen MR) is 34.3 cm³/mol. The van der Waals surface area contributed by atoms with Crippen molar-refractivity contribution in [3.05, 3.63) is 11.4 Å². The van der Waals surface area contributed by atoms with E-state index in [4.69, 9.17) is 0 Å². The van der Waals surface area contributed by atoms with Gasteiger partial charge in [-0.15, -0.1) is 10.2 Å². The number of carbonyl (C=O) groups excluding carboxylic acids is 2. The highest BCUT2D eigenvalue weighted by molar-refractivity contribution is 5.99. The minimum Gasteiger partial charge on any atom is -0.309 e. The maximum absolute atomic E-state index is 10.8. The molecular formula is C6H5N3O2. The number of nitrogens with zero attached hydrogens (tertiary/aromatic N) is 2. The zero-order chi connectivity index (χ0) is 7.84. The van der Waals surface area contributed by atoms with Crippen LogP contribution >= 0.6 is 0 Å². The Bertz CT molecular complexity index is 303. The molecule has 5 heteroatoms. The highest BCUT2D eigenvalue weighted by Gasteiger charge is 2.26. The van der Waals surface area contributed by atoms with E-state index in [1.54, 1.807) is 0 Å². The fraction of sp³-hybridized carbons (Fsp3) is 0.333. The summed E-state index contributed by atoms with van der Waals surface area (Å²) in [5, 5.41) is 9.29. The van der Waals surface area contributed by atoms with Gasteiger partial charge in [0.2, 0.25) is 5.91 Å². The third-order valence-corrected chi connectivity index (χ3v) is 1.64.